The first-order chi connectivity index (χ1) is 13.2. The Labute approximate surface area is 163 Å². The van der Waals surface area contributed by atoms with Crippen LogP contribution in [0.3, 0.4) is 0 Å². The van der Waals surface area contributed by atoms with Gasteiger partial charge in [0.25, 0.3) is 5.91 Å². The highest BCUT2D eigenvalue weighted by Crippen LogP contribution is 2.34. The van der Waals surface area contributed by atoms with Crippen molar-refractivity contribution < 1.29 is 14.3 Å². The second-order valence-electron chi connectivity index (χ2n) is 6.64. The van der Waals surface area contributed by atoms with Crippen LogP contribution in [0.2, 0.25) is 0 Å². The highest BCUT2D eigenvalue weighted by atomic mass is 32.1. The van der Waals surface area contributed by atoms with Crippen LogP contribution < -0.4 is 4.74 Å². The van der Waals surface area contributed by atoms with Gasteiger partial charge in [0.15, 0.2) is 0 Å². The number of morpholine rings is 1. The van der Waals surface area contributed by atoms with Crippen LogP contribution in [-0.4, -0.2) is 61.5 Å². The summed E-state index contributed by atoms with van der Waals surface area (Å²) in [5.74, 6) is 0.839. The summed E-state index contributed by atoms with van der Waals surface area (Å²) in [5.41, 5.74) is 2.04. The lowest BCUT2D eigenvalue weighted by Gasteiger charge is -2.29. The number of benzene rings is 1. The Morgan fingerprint density at radius 3 is 2.70 bits per heavy atom. The van der Waals surface area contributed by atoms with E-state index in [1.807, 2.05) is 35.7 Å². The van der Waals surface area contributed by atoms with Gasteiger partial charge in [0.1, 0.15) is 5.75 Å². The number of hydrogen-bond donors (Lipinski definition) is 0. The molecule has 0 N–H and O–H groups in total. The van der Waals surface area contributed by atoms with Crippen LogP contribution >= 0.6 is 11.3 Å². The molecule has 27 heavy (non-hydrogen) atoms. The molecule has 0 aliphatic carbocycles. The maximum Gasteiger partial charge on any atom is 0.257 e. The smallest absolute Gasteiger partial charge is 0.257 e. The molecule has 4 rings (SSSR count). The van der Waals surface area contributed by atoms with E-state index in [9.17, 15) is 4.79 Å². The van der Waals surface area contributed by atoms with Gasteiger partial charge in [-0.05, 0) is 29.1 Å². The third-order valence-corrected chi connectivity index (χ3v) is 5.85. The summed E-state index contributed by atoms with van der Waals surface area (Å²) in [4.78, 5) is 16.3. The van der Waals surface area contributed by atoms with Gasteiger partial charge in [0.2, 0.25) is 0 Å². The van der Waals surface area contributed by atoms with Crippen LogP contribution in [-0.2, 0) is 9.53 Å². The van der Waals surface area contributed by atoms with E-state index in [1.54, 1.807) is 23.5 Å². The molecule has 1 saturated heterocycles. The van der Waals surface area contributed by atoms with Crippen molar-refractivity contribution in [3.8, 4) is 5.75 Å². The van der Waals surface area contributed by atoms with Crippen molar-refractivity contribution in [2.24, 2.45) is 5.10 Å². The van der Waals surface area contributed by atoms with Crippen LogP contribution in [0.1, 0.15) is 22.9 Å². The van der Waals surface area contributed by atoms with Crippen molar-refractivity contribution in [2.75, 3.05) is 40.0 Å². The molecule has 1 amide bonds. The minimum atomic E-state index is -0.0819. The molecule has 1 fully saturated rings. The summed E-state index contributed by atoms with van der Waals surface area (Å²) in [5, 5.41) is 8.43. The average molecular weight is 385 g/mol. The molecule has 1 aromatic heterocycles. The number of amides is 1. The van der Waals surface area contributed by atoms with Gasteiger partial charge < -0.3 is 9.47 Å². The predicted octanol–water partition coefficient (Wildman–Crippen LogP) is 2.77. The van der Waals surface area contributed by atoms with E-state index in [4.69, 9.17) is 14.6 Å². The van der Waals surface area contributed by atoms with E-state index in [1.165, 1.54) is 0 Å². The molecule has 2 aliphatic rings. The zero-order chi connectivity index (χ0) is 18.6. The number of rotatable bonds is 5. The average Bonchev–Trinajstić information content (AvgIpc) is 3.39. The molecule has 0 bridgehead atoms. The Kier molecular flexibility index (Phi) is 5.52. The molecule has 142 valence electrons. The molecule has 6 nitrogen and oxygen atoms in total. The van der Waals surface area contributed by atoms with Gasteiger partial charge in [-0.3, -0.25) is 9.69 Å². The topological polar surface area (TPSA) is 54.4 Å². The predicted molar refractivity (Wildman–Crippen MR) is 105 cm³/mol. The zero-order valence-electron chi connectivity index (χ0n) is 15.3. The Hall–Kier alpha value is -2.22. The molecule has 2 aromatic rings. The third-order valence-electron chi connectivity index (χ3n) is 4.93. The van der Waals surface area contributed by atoms with E-state index >= 15 is 0 Å². The summed E-state index contributed by atoms with van der Waals surface area (Å²) in [6, 6.07) is 11.9. The van der Waals surface area contributed by atoms with Gasteiger partial charge in [0.05, 0.1) is 43.5 Å². The fourth-order valence-electron chi connectivity index (χ4n) is 3.44. The van der Waals surface area contributed by atoms with Gasteiger partial charge in [-0.1, -0.05) is 18.2 Å². The Bertz CT molecular complexity index is 798. The normalized spacial score (nSPS) is 20.6. The first kappa shape index (κ1) is 18.2. The molecule has 2 aliphatic heterocycles. The van der Waals surface area contributed by atoms with Crippen LogP contribution in [0.15, 0.2) is 46.9 Å². The van der Waals surface area contributed by atoms with E-state index in [2.05, 4.69) is 11.0 Å². The number of hydrogen-bond acceptors (Lipinski definition) is 6. The number of thiophene rings is 1. The zero-order valence-corrected chi connectivity index (χ0v) is 16.2. The Morgan fingerprint density at radius 2 is 2.04 bits per heavy atom. The second-order valence-corrected chi connectivity index (χ2v) is 7.59. The highest BCUT2D eigenvalue weighted by Gasteiger charge is 2.34. The number of carbonyl (C=O) groups excluding carboxylic acids is 1. The number of nitrogens with zero attached hydrogens (tertiary/aromatic N) is 3. The summed E-state index contributed by atoms with van der Waals surface area (Å²) >= 11 is 1.66. The maximum absolute atomic E-state index is 13.1. The van der Waals surface area contributed by atoms with Crippen LogP contribution in [0.5, 0.6) is 5.75 Å². The first-order valence-electron chi connectivity index (χ1n) is 9.12. The number of carbonyl (C=O) groups is 1. The highest BCUT2D eigenvalue weighted by molar-refractivity contribution is 7.12. The van der Waals surface area contributed by atoms with Crippen molar-refractivity contribution in [3.05, 3.63) is 52.2 Å². The minimum absolute atomic E-state index is 0.0317. The van der Waals surface area contributed by atoms with Crippen LogP contribution in [0, 0.1) is 0 Å². The molecule has 0 saturated carbocycles. The fraction of sp³-hybridized carbons (Fsp3) is 0.400. The molecular formula is C20H23N3O3S. The lowest BCUT2D eigenvalue weighted by molar-refractivity contribution is -0.135. The second kappa shape index (κ2) is 8.21. The monoisotopic (exact) mass is 385 g/mol. The third kappa shape index (κ3) is 4.05. The van der Waals surface area contributed by atoms with E-state index in [0.717, 1.165) is 41.4 Å². The van der Waals surface area contributed by atoms with E-state index in [-0.39, 0.29) is 11.9 Å². The SMILES string of the molecule is COc1ccc([C@H]2CC(c3cccs3)=NN2C(=O)CN2CCOCC2)cc1. The van der Waals surface area contributed by atoms with Crippen LogP contribution in [0.25, 0.3) is 0 Å². The minimum Gasteiger partial charge on any atom is -0.497 e. The van der Waals surface area contributed by atoms with Gasteiger partial charge in [-0.2, -0.15) is 5.10 Å². The first-order valence-corrected chi connectivity index (χ1v) is 10.00. The number of methoxy groups -OCH3 is 1. The Balaban J connectivity index is 1.57. The molecule has 0 spiro atoms. The lowest BCUT2D eigenvalue weighted by Crippen LogP contribution is -2.43. The molecule has 7 heteroatoms. The summed E-state index contributed by atoms with van der Waals surface area (Å²) in [6.07, 6.45) is 0.724. The van der Waals surface area contributed by atoms with E-state index < -0.39 is 0 Å². The molecule has 0 radical (unpaired) electrons. The number of ether oxygens (including phenoxy) is 2. The van der Waals surface area contributed by atoms with Gasteiger partial charge in [0, 0.05) is 19.5 Å². The van der Waals surface area contributed by atoms with Crippen molar-refractivity contribution in [3.63, 3.8) is 0 Å². The fourth-order valence-corrected chi connectivity index (χ4v) is 4.16. The molecule has 1 atom stereocenters. The van der Waals surface area contributed by atoms with Gasteiger partial charge in [-0.15, -0.1) is 11.3 Å². The van der Waals surface area contributed by atoms with Gasteiger partial charge >= 0.3 is 0 Å². The summed E-state index contributed by atoms with van der Waals surface area (Å²) in [7, 11) is 1.65. The summed E-state index contributed by atoms with van der Waals surface area (Å²) < 4.78 is 10.6. The Morgan fingerprint density at radius 1 is 1.26 bits per heavy atom. The largest absolute Gasteiger partial charge is 0.497 e. The summed E-state index contributed by atoms with van der Waals surface area (Å²) in [6.45, 7) is 3.30. The quantitative estimate of drug-likeness (QED) is 0.794. The maximum atomic E-state index is 13.1. The molecular weight excluding hydrogens is 362 g/mol. The van der Waals surface area contributed by atoms with Crippen LogP contribution in [0.4, 0.5) is 0 Å². The van der Waals surface area contributed by atoms with E-state index in [0.29, 0.717) is 19.8 Å². The number of hydrazone groups is 1. The van der Waals surface area contributed by atoms with Crippen molar-refractivity contribution in [1.82, 2.24) is 9.91 Å². The molecule has 0 unspecified atom stereocenters. The van der Waals surface area contributed by atoms with Crippen molar-refractivity contribution in [1.29, 1.82) is 0 Å². The van der Waals surface area contributed by atoms with Crippen molar-refractivity contribution in [2.45, 2.75) is 12.5 Å². The molecule has 3 heterocycles. The lowest BCUT2D eigenvalue weighted by atomic mass is 10.0. The van der Waals surface area contributed by atoms with Crippen molar-refractivity contribution >= 4 is 23.0 Å². The van der Waals surface area contributed by atoms with Gasteiger partial charge in [-0.25, -0.2) is 5.01 Å². The molecule has 1 aromatic carbocycles. The standard InChI is InChI=1S/C20H23N3O3S/c1-25-16-6-4-15(5-7-16)18-13-17(19-3-2-12-27-19)21-23(18)20(24)14-22-8-10-26-11-9-22/h2-7,12,18H,8-11,13-14H2,1H3/t18-/m1/s1.